The normalized spacial score (nSPS) is 20.3. The highest BCUT2D eigenvalue weighted by atomic mass is 16.5. The van der Waals surface area contributed by atoms with Gasteiger partial charge in [0.25, 0.3) is 0 Å². The summed E-state index contributed by atoms with van der Waals surface area (Å²) in [4.78, 5) is 2.36. The monoisotopic (exact) mass is 357 g/mol. The van der Waals surface area contributed by atoms with Crippen LogP contribution in [0, 0.1) is 5.92 Å². The Balaban J connectivity index is 1.39. The third-order valence-corrected chi connectivity index (χ3v) is 5.73. The molecule has 4 rings (SSSR count). The van der Waals surface area contributed by atoms with E-state index in [1.54, 1.807) is 0 Å². The van der Waals surface area contributed by atoms with Crippen LogP contribution in [0.15, 0.2) is 12.1 Å². The fourth-order valence-electron chi connectivity index (χ4n) is 4.12. The van der Waals surface area contributed by atoms with E-state index in [1.807, 2.05) is 10.6 Å². The van der Waals surface area contributed by atoms with Gasteiger partial charge in [0.2, 0.25) is 0 Å². The third kappa shape index (κ3) is 3.70. The maximum Gasteiger partial charge on any atom is 0.178 e. The van der Waals surface area contributed by atoms with Gasteiger partial charge in [0.05, 0.1) is 6.10 Å². The first-order valence-electron chi connectivity index (χ1n) is 10.1. The zero-order valence-electron chi connectivity index (χ0n) is 16.3. The SMILES string of the molecule is CC(C)(C)c1nnc2ccc(N3CCC(OCC4CCCC4)CC3)nn12. The second-order valence-corrected chi connectivity index (χ2v) is 8.91. The Kier molecular flexibility index (Phi) is 4.86. The van der Waals surface area contributed by atoms with Gasteiger partial charge in [0.1, 0.15) is 5.82 Å². The van der Waals surface area contributed by atoms with Gasteiger partial charge in [-0.05, 0) is 43.7 Å². The molecule has 26 heavy (non-hydrogen) atoms. The van der Waals surface area contributed by atoms with Crippen LogP contribution in [0.1, 0.15) is 65.1 Å². The maximum atomic E-state index is 6.20. The number of nitrogens with zero attached hydrogens (tertiary/aromatic N) is 5. The molecular weight excluding hydrogens is 326 g/mol. The molecule has 0 radical (unpaired) electrons. The molecule has 1 aliphatic heterocycles. The number of fused-ring (bicyclic) bond motifs is 1. The van der Waals surface area contributed by atoms with Crippen molar-refractivity contribution in [3.8, 4) is 0 Å². The quantitative estimate of drug-likeness (QED) is 0.837. The van der Waals surface area contributed by atoms with E-state index in [-0.39, 0.29) is 5.41 Å². The summed E-state index contributed by atoms with van der Waals surface area (Å²) < 4.78 is 8.10. The van der Waals surface area contributed by atoms with Crippen LogP contribution in [-0.4, -0.2) is 45.6 Å². The van der Waals surface area contributed by atoms with E-state index in [0.717, 1.165) is 55.7 Å². The number of aromatic nitrogens is 4. The van der Waals surface area contributed by atoms with Crippen LogP contribution in [0.3, 0.4) is 0 Å². The highest BCUT2D eigenvalue weighted by Gasteiger charge is 2.25. The summed E-state index contributed by atoms with van der Waals surface area (Å²) in [5.41, 5.74) is 0.736. The molecular formula is C20H31N5O. The van der Waals surface area contributed by atoms with Crippen molar-refractivity contribution in [3.63, 3.8) is 0 Å². The highest BCUT2D eigenvalue weighted by Crippen LogP contribution is 2.27. The number of hydrogen-bond donors (Lipinski definition) is 0. The molecule has 3 heterocycles. The average Bonchev–Trinajstić information content (AvgIpc) is 3.29. The van der Waals surface area contributed by atoms with Gasteiger partial charge in [-0.25, -0.2) is 0 Å². The van der Waals surface area contributed by atoms with E-state index in [4.69, 9.17) is 9.84 Å². The van der Waals surface area contributed by atoms with Gasteiger partial charge < -0.3 is 9.64 Å². The Morgan fingerprint density at radius 3 is 2.46 bits per heavy atom. The van der Waals surface area contributed by atoms with Crippen molar-refractivity contribution in [3.05, 3.63) is 18.0 Å². The number of hydrogen-bond acceptors (Lipinski definition) is 5. The summed E-state index contributed by atoms with van der Waals surface area (Å²) in [7, 11) is 0. The molecule has 0 unspecified atom stereocenters. The van der Waals surface area contributed by atoms with Gasteiger partial charge in [0.15, 0.2) is 11.5 Å². The fraction of sp³-hybridized carbons (Fsp3) is 0.750. The molecule has 0 bridgehead atoms. The van der Waals surface area contributed by atoms with Crippen LogP contribution in [-0.2, 0) is 10.2 Å². The Morgan fingerprint density at radius 2 is 1.77 bits per heavy atom. The molecule has 2 aromatic rings. The standard InChI is InChI=1S/C20H31N5O/c1-20(2,3)19-22-21-17-8-9-18(23-25(17)19)24-12-10-16(11-13-24)26-14-15-6-4-5-7-15/h8-9,15-16H,4-7,10-14H2,1-3H3. The molecule has 0 amide bonds. The summed E-state index contributed by atoms with van der Waals surface area (Å²) in [6.07, 6.45) is 8.08. The van der Waals surface area contributed by atoms with Crippen LogP contribution < -0.4 is 4.90 Å². The van der Waals surface area contributed by atoms with Crippen molar-refractivity contribution in [2.45, 2.75) is 70.8 Å². The number of ether oxygens (including phenoxy) is 1. The van der Waals surface area contributed by atoms with Crippen LogP contribution in [0.25, 0.3) is 5.65 Å². The molecule has 1 saturated heterocycles. The smallest absolute Gasteiger partial charge is 0.178 e. The lowest BCUT2D eigenvalue weighted by Gasteiger charge is -2.33. The maximum absolute atomic E-state index is 6.20. The lowest BCUT2D eigenvalue weighted by molar-refractivity contribution is 0.0163. The van der Waals surface area contributed by atoms with E-state index in [0.29, 0.717) is 6.10 Å². The van der Waals surface area contributed by atoms with E-state index >= 15 is 0 Å². The summed E-state index contributed by atoms with van der Waals surface area (Å²) in [5, 5.41) is 13.4. The molecule has 2 aromatic heterocycles. The van der Waals surface area contributed by atoms with Crippen molar-refractivity contribution in [1.29, 1.82) is 0 Å². The fourth-order valence-corrected chi connectivity index (χ4v) is 4.12. The van der Waals surface area contributed by atoms with Crippen LogP contribution in [0.4, 0.5) is 5.82 Å². The zero-order valence-corrected chi connectivity index (χ0v) is 16.3. The Hall–Kier alpha value is -1.69. The molecule has 142 valence electrons. The minimum atomic E-state index is -0.0773. The molecule has 0 N–H and O–H groups in total. The second kappa shape index (κ2) is 7.14. The number of rotatable bonds is 4. The zero-order chi connectivity index (χ0) is 18.1. The molecule has 2 aliphatic rings. The van der Waals surface area contributed by atoms with Gasteiger partial charge >= 0.3 is 0 Å². The summed E-state index contributed by atoms with van der Waals surface area (Å²) in [6, 6.07) is 4.09. The molecule has 6 nitrogen and oxygen atoms in total. The molecule has 2 fully saturated rings. The van der Waals surface area contributed by atoms with Crippen molar-refractivity contribution >= 4 is 11.5 Å². The first-order chi connectivity index (χ1) is 12.5. The summed E-state index contributed by atoms with van der Waals surface area (Å²) in [5.74, 6) is 2.72. The molecule has 6 heteroatoms. The van der Waals surface area contributed by atoms with E-state index in [9.17, 15) is 0 Å². The van der Waals surface area contributed by atoms with Gasteiger partial charge in [-0.3, -0.25) is 0 Å². The van der Waals surface area contributed by atoms with Gasteiger partial charge in [-0.1, -0.05) is 33.6 Å². The van der Waals surface area contributed by atoms with E-state index < -0.39 is 0 Å². The van der Waals surface area contributed by atoms with Crippen molar-refractivity contribution in [1.82, 2.24) is 19.8 Å². The molecule has 1 saturated carbocycles. The van der Waals surface area contributed by atoms with Gasteiger partial charge in [0, 0.05) is 25.1 Å². The highest BCUT2D eigenvalue weighted by molar-refractivity contribution is 5.46. The van der Waals surface area contributed by atoms with E-state index in [2.05, 4.69) is 41.9 Å². The minimum absolute atomic E-state index is 0.0773. The van der Waals surface area contributed by atoms with Crippen LogP contribution in [0.5, 0.6) is 0 Å². The van der Waals surface area contributed by atoms with Crippen molar-refractivity contribution < 1.29 is 4.74 Å². The lowest BCUT2D eigenvalue weighted by atomic mass is 9.96. The first kappa shape index (κ1) is 17.7. The average molecular weight is 358 g/mol. The molecule has 1 aliphatic carbocycles. The van der Waals surface area contributed by atoms with Gasteiger partial charge in [-0.2, -0.15) is 4.52 Å². The first-order valence-corrected chi connectivity index (χ1v) is 10.1. The van der Waals surface area contributed by atoms with Crippen LogP contribution >= 0.6 is 0 Å². The number of piperidine rings is 1. The van der Waals surface area contributed by atoms with E-state index in [1.165, 1.54) is 25.7 Å². The molecule has 0 spiro atoms. The molecule has 0 atom stereocenters. The second-order valence-electron chi connectivity index (χ2n) is 8.91. The predicted octanol–water partition coefficient (Wildman–Crippen LogP) is 3.60. The Morgan fingerprint density at radius 1 is 1.04 bits per heavy atom. The Labute approximate surface area is 155 Å². The lowest BCUT2D eigenvalue weighted by Crippen LogP contribution is -2.38. The summed E-state index contributed by atoms with van der Waals surface area (Å²) in [6.45, 7) is 9.40. The largest absolute Gasteiger partial charge is 0.378 e. The number of anilines is 1. The third-order valence-electron chi connectivity index (χ3n) is 5.73. The van der Waals surface area contributed by atoms with Crippen molar-refractivity contribution in [2.24, 2.45) is 5.92 Å². The minimum Gasteiger partial charge on any atom is -0.378 e. The van der Waals surface area contributed by atoms with Gasteiger partial charge in [-0.15, -0.1) is 15.3 Å². The van der Waals surface area contributed by atoms with Crippen LogP contribution in [0.2, 0.25) is 0 Å². The Bertz CT molecular complexity index is 736. The predicted molar refractivity (Wildman–Crippen MR) is 103 cm³/mol. The van der Waals surface area contributed by atoms with Crippen molar-refractivity contribution in [2.75, 3.05) is 24.6 Å². The summed E-state index contributed by atoms with van der Waals surface area (Å²) >= 11 is 0. The molecule has 0 aromatic carbocycles. The topological polar surface area (TPSA) is 55.5 Å².